The molecule has 0 atom stereocenters. The Balaban J connectivity index is 2.17. The second kappa shape index (κ2) is 6.23. The van der Waals surface area contributed by atoms with Gasteiger partial charge in [0.2, 0.25) is 0 Å². The van der Waals surface area contributed by atoms with Gasteiger partial charge in [-0.05, 0) is 49.5 Å². The number of methoxy groups -OCH3 is 1. The monoisotopic (exact) mass is 289 g/mol. The summed E-state index contributed by atoms with van der Waals surface area (Å²) < 4.78 is 5.65. The second-order valence-corrected chi connectivity index (χ2v) is 5.73. The van der Waals surface area contributed by atoms with E-state index >= 15 is 0 Å². The Kier molecular flexibility index (Phi) is 4.15. The van der Waals surface area contributed by atoms with E-state index in [9.17, 15) is 0 Å². The van der Waals surface area contributed by atoms with Gasteiger partial charge in [-0.2, -0.15) is 0 Å². The van der Waals surface area contributed by atoms with E-state index in [2.05, 4.69) is 74.9 Å². The van der Waals surface area contributed by atoms with Crippen molar-refractivity contribution in [1.82, 2.24) is 0 Å². The molecule has 0 aromatic heterocycles. The molecule has 2 aromatic rings. The first-order valence-electron chi connectivity index (χ1n) is 7.65. The quantitative estimate of drug-likeness (QED) is 0.740. The topological polar surface area (TPSA) is 9.23 Å². The smallest absolute Gasteiger partial charge is 0.123 e. The van der Waals surface area contributed by atoms with Crippen molar-refractivity contribution < 1.29 is 4.74 Å². The molecule has 3 rings (SSSR count). The van der Waals surface area contributed by atoms with Gasteiger partial charge in [-0.1, -0.05) is 59.7 Å². The lowest BCUT2D eigenvalue weighted by atomic mass is 9.86. The van der Waals surface area contributed by atoms with Crippen molar-refractivity contribution in [2.75, 3.05) is 7.11 Å². The van der Waals surface area contributed by atoms with E-state index in [1.807, 2.05) is 0 Å². The van der Waals surface area contributed by atoms with Crippen molar-refractivity contribution in [2.24, 2.45) is 0 Å². The molecule has 0 aliphatic heterocycles. The summed E-state index contributed by atoms with van der Waals surface area (Å²) in [5.74, 6) is 0.960. The summed E-state index contributed by atoms with van der Waals surface area (Å²) in [5, 5.41) is 0. The zero-order valence-electron chi connectivity index (χ0n) is 13.4. The van der Waals surface area contributed by atoms with Crippen LogP contribution in [0.3, 0.4) is 0 Å². The Hall–Kier alpha value is -2.28. The molecule has 1 nitrogen and oxygen atoms in total. The Morgan fingerprint density at radius 2 is 1.32 bits per heavy atom. The van der Waals surface area contributed by atoms with Crippen LogP contribution in [-0.4, -0.2) is 7.11 Å². The summed E-state index contributed by atoms with van der Waals surface area (Å²) >= 11 is 0. The normalized spacial score (nSPS) is 14.8. The highest BCUT2D eigenvalue weighted by Crippen LogP contribution is 2.38. The molecule has 0 heterocycles. The average molecular weight is 289 g/mol. The third-order valence-corrected chi connectivity index (χ3v) is 4.06. The van der Waals surface area contributed by atoms with Crippen molar-refractivity contribution in [3.05, 3.63) is 89.0 Å². The molecule has 111 valence electrons. The number of aryl methyl sites for hydroxylation is 2. The van der Waals surface area contributed by atoms with Gasteiger partial charge in [0.1, 0.15) is 5.76 Å². The van der Waals surface area contributed by atoms with E-state index < -0.39 is 0 Å². The largest absolute Gasteiger partial charge is 0.496 e. The molecule has 22 heavy (non-hydrogen) atoms. The fraction of sp³-hybridized carbons (Fsp3) is 0.190. The van der Waals surface area contributed by atoms with Crippen LogP contribution in [-0.2, 0) is 4.74 Å². The molecular weight excluding hydrogens is 268 g/mol. The fourth-order valence-electron chi connectivity index (χ4n) is 2.82. The van der Waals surface area contributed by atoms with Crippen LogP contribution >= 0.6 is 0 Å². The first-order valence-corrected chi connectivity index (χ1v) is 7.65. The standard InChI is InChI=1S/C21H21O/c1-15-7-11-17(12-8-15)19-5-4-6-20(22-3)21(19)18-13-9-16(2)10-14-18/h5-14H,4H2,1-3H3. The molecule has 2 aromatic carbocycles. The Morgan fingerprint density at radius 3 is 1.86 bits per heavy atom. The lowest BCUT2D eigenvalue weighted by molar-refractivity contribution is 0.309. The Morgan fingerprint density at radius 1 is 0.773 bits per heavy atom. The van der Waals surface area contributed by atoms with Gasteiger partial charge in [-0.15, -0.1) is 0 Å². The van der Waals surface area contributed by atoms with E-state index in [0.29, 0.717) is 0 Å². The first kappa shape index (κ1) is 14.6. The predicted molar refractivity (Wildman–Crippen MR) is 93.2 cm³/mol. The van der Waals surface area contributed by atoms with Gasteiger partial charge in [-0.25, -0.2) is 0 Å². The maximum Gasteiger partial charge on any atom is 0.123 e. The summed E-state index contributed by atoms with van der Waals surface area (Å²) in [6.07, 6.45) is 5.33. The van der Waals surface area contributed by atoms with E-state index in [4.69, 9.17) is 4.74 Å². The van der Waals surface area contributed by atoms with Gasteiger partial charge in [0.05, 0.1) is 7.11 Å². The molecule has 0 spiro atoms. The molecular formula is C21H21O. The maximum absolute atomic E-state index is 5.65. The van der Waals surface area contributed by atoms with Crippen LogP contribution in [0.25, 0.3) is 11.1 Å². The second-order valence-electron chi connectivity index (χ2n) is 5.73. The van der Waals surface area contributed by atoms with Crippen LogP contribution in [0.1, 0.15) is 28.7 Å². The lowest BCUT2D eigenvalue weighted by Gasteiger charge is -2.22. The molecule has 0 bridgehead atoms. The number of rotatable bonds is 3. The van der Waals surface area contributed by atoms with Crippen molar-refractivity contribution in [2.45, 2.75) is 20.3 Å². The van der Waals surface area contributed by atoms with Crippen LogP contribution in [0.4, 0.5) is 0 Å². The third-order valence-electron chi connectivity index (χ3n) is 4.06. The molecule has 0 saturated heterocycles. The fourth-order valence-corrected chi connectivity index (χ4v) is 2.82. The Labute approximate surface area is 133 Å². The highest BCUT2D eigenvalue weighted by molar-refractivity contribution is 6.01. The van der Waals surface area contributed by atoms with E-state index in [1.165, 1.54) is 33.4 Å². The Bertz CT molecular complexity index is 716. The number of hydrogen-bond donors (Lipinski definition) is 0. The SMILES string of the molecule is COC1=CC[CH]C(c2ccc(C)cc2)=C1c1ccc(C)cc1. The number of benzene rings is 2. The number of hydrogen-bond acceptors (Lipinski definition) is 1. The van der Waals surface area contributed by atoms with Crippen molar-refractivity contribution in [1.29, 1.82) is 0 Å². The molecule has 0 fully saturated rings. The van der Waals surface area contributed by atoms with E-state index in [-0.39, 0.29) is 0 Å². The highest BCUT2D eigenvalue weighted by atomic mass is 16.5. The van der Waals surface area contributed by atoms with Crippen LogP contribution in [0.2, 0.25) is 0 Å². The minimum Gasteiger partial charge on any atom is -0.496 e. The highest BCUT2D eigenvalue weighted by Gasteiger charge is 2.19. The summed E-state index contributed by atoms with van der Waals surface area (Å²) in [6, 6.07) is 17.3. The number of allylic oxidation sites excluding steroid dienone is 3. The van der Waals surface area contributed by atoms with Crippen molar-refractivity contribution in [3.8, 4) is 0 Å². The van der Waals surface area contributed by atoms with Crippen molar-refractivity contribution >= 4 is 11.1 Å². The molecule has 1 aliphatic carbocycles. The van der Waals surface area contributed by atoms with Crippen LogP contribution in [0.15, 0.2) is 60.4 Å². The van der Waals surface area contributed by atoms with E-state index in [0.717, 1.165) is 12.2 Å². The summed E-state index contributed by atoms with van der Waals surface area (Å²) in [7, 11) is 1.75. The average Bonchev–Trinajstić information content (AvgIpc) is 2.56. The maximum atomic E-state index is 5.65. The lowest BCUT2D eigenvalue weighted by Crippen LogP contribution is -2.03. The molecule has 1 aliphatic rings. The third kappa shape index (κ3) is 2.85. The van der Waals surface area contributed by atoms with Gasteiger partial charge in [0.15, 0.2) is 0 Å². The molecule has 0 N–H and O–H groups in total. The van der Waals surface area contributed by atoms with Gasteiger partial charge in [0.25, 0.3) is 0 Å². The molecule has 0 amide bonds. The first-order chi connectivity index (χ1) is 10.7. The molecule has 0 saturated carbocycles. The predicted octanol–water partition coefficient (Wildman–Crippen LogP) is 5.35. The minimum absolute atomic E-state index is 0.905. The van der Waals surface area contributed by atoms with Gasteiger partial charge in [-0.3, -0.25) is 0 Å². The summed E-state index contributed by atoms with van der Waals surface area (Å²) in [4.78, 5) is 0. The molecule has 1 radical (unpaired) electrons. The van der Waals surface area contributed by atoms with Gasteiger partial charge < -0.3 is 4.74 Å². The minimum atomic E-state index is 0.905. The number of ether oxygens (including phenoxy) is 1. The zero-order valence-corrected chi connectivity index (χ0v) is 13.4. The van der Waals surface area contributed by atoms with E-state index in [1.54, 1.807) is 7.11 Å². The van der Waals surface area contributed by atoms with Crippen LogP contribution in [0, 0.1) is 20.3 Å². The van der Waals surface area contributed by atoms with Gasteiger partial charge >= 0.3 is 0 Å². The van der Waals surface area contributed by atoms with Gasteiger partial charge in [0, 0.05) is 5.57 Å². The van der Waals surface area contributed by atoms with Crippen LogP contribution in [0.5, 0.6) is 0 Å². The summed E-state index contributed by atoms with van der Waals surface area (Å²) in [6.45, 7) is 4.23. The van der Waals surface area contributed by atoms with Crippen LogP contribution < -0.4 is 0 Å². The zero-order chi connectivity index (χ0) is 15.5. The van der Waals surface area contributed by atoms with Crippen molar-refractivity contribution in [3.63, 3.8) is 0 Å². The molecule has 1 heteroatoms. The summed E-state index contributed by atoms with van der Waals surface area (Å²) in [5.41, 5.74) is 7.42. The molecule has 0 unspecified atom stereocenters.